The fourth-order valence-corrected chi connectivity index (χ4v) is 5.27. The van der Waals surface area contributed by atoms with Crippen LogP contribution in [0.4, 0.5) is 0 Å². The molecule has 1 fully saturated rings. The second-order valence-electron chi connectivity index (χ2n) is 8.02. The molecule has 2 aromatic rings. The lowest BCUT2D eigenvalue weighted by atomic mass is 9.78. The molecule has 4 atom stereocenters. The van der Waals surface area contributed by atoms with Crippen molar-refractivity contribution in [3.8, 4) is 11.5 Å². The van der Waals surface area contributed by atoms with E-state index in [2.05, 4.69) is 12.2 Å². The lowest BCUT2D eigenvalue weighted by Crippen LogP contribution is -2.42. The number of carboxylic acids is 1. The number of carbonyl (C=O) groups excluding carboxylic acids is 1. The van der Waals surface area contributed by atoms with E-state index in [0.717, 1.165) is 31.6 Å². The Kier molecular flexibility index (Phi) is 8.55. The molecule has 5 nitrogen and oxygen atoms in total. The van der Waals surface area contributed by atoms with Gasteiger partial charge in [-0.05, 0) is 36.2 Å². The minimum Gasteiger partial charge on any atom is -0.481 e. The number of ketones is 1. The van der Waals surface area contributed by atoms with Gasteiger partial charge in [-0.3, -0.25) is 9.59 Å². The Morgan fingerprint density at radius 1 is 1.16 bits per heavy atom. The first-order chi connectivity index (χ1) is 15.0. The van der Waals surface area contributed by atoms with Crippen molar-refractivity contribution in [3.63, 3.8) is 0 Å². The van der Waals surface area contributed by atoms with Crippen LogP contribution < -0.4 is 10.1 Å². The zero-order valence-electron chi connectivity index (χ0n) is 18.1. The van der Waals surface area contributed by atoms with Gasteiger partial charge in [-0.15, -0.1) is 11.8 Å². The number of Topliss-reactive ketones (excluding diaryl/α,β-unsaturated/α-hetero) is 1. The third kappa shape index (κ3) is 6.11. The number of hydrogen-bond donors (Lipinski definition) is 2. The first-order valence-electron chi connectivity index (χ1n) is 11.0. The molecule has 0 aromatic heterocycles. The van der Waals surface area contributed by atoms with E-state index in [1.165, 1.54) is 0 Å². The van der Waals surface area contributed by atoms with Crippen LogP contribution in [0.15, 0.2) is 54.6 Å². The molecule has 0 spiro atoms. The highest BCUT2D eigenvalue weighted by Crippen LogP contribution is 2.38. The van der Waals surface area contributed by atoms with Crippen LogP contribution in [-0.4, -0.2) is 34.5 Å². The summed E-state index contributed by atoms with van der Waals surface area (Å²) in [6.45, 7) is 4.81. The number of benzene rings is 2. The molecule has 1 heterocycles. The van der Waals surface area contributed by atoms with Gasteiger partial charge in [-0.2, -0.15) is 0 Å². The van der Waals surface area contributed by atoms with Gasteiger partial charge in [0.1, 0.15) is 17.3 Å². The second kappa shape index (κ2) is 11.3. The quantitative estimate of drug-likeness (QED) is 0.491. The molecule has 0 radical (unpaired) electrons. The first kappa shape index (κ1) is 23.4. The van der Waals surface area contributed by atoms with Crippen molar-refractivity contribution in [2.45, 2.75) is 44.4 Å². The zero-order valence-corrected chi connectivity index (χ0v) is 18.9. The van der Waals surface area contributed by atoms with E-state index in [0.29, 0.717) is 17.1 Å². The number of ether oxygens (including phenoxy) is 1. The number of unbranched alkanes of at least 4 members (excludes halogenated alkanes) is 1. The molecular weight excluding hydrogens is 410 g/mol. The highest BCUT2D eigenvalue weighted by Gasteiger charge is 2.43. The van der Waals surface area contributed by atoms with Crippen LogP contribution in [0, 0.1) is 11.8 Å². The predicted molar refractivity (Wildman–Crippen MR) is 125 cm³/mol. The highest BCUT2D eigenvalue weighted by atomic mass is 32.2. The Balaban J connectivity index is 1.92. The van der Waals surface area contributed by atoms with Gasteiger partial charge in [0.05, 0.1) is 17.2 Å². The van der Waals surface area contributed by atoms with Gasteiger partial charge in [-0.1, -0.05) is 57.0 Å². The number of para-hydroxylation sites is 1. The van der Waals surface area contributed by atoms with Crippen LogP contribution in [0.2, 0.25) is 0 Å². The van der Waals surface area contributed by atoms with Crippen LogP contribution in [0.5, 0.6) is 11.5 Å². The molecular formula is C25H31NO4S. The summed E-state index contributed by atoms with van der Waals surface area (Å²) in [6, 6.07) is 16.5. The van der Waals surface area contributed by atoms with E-state index < -0.39 is 17.8 Å². The summed E-state index contributed by atoms with van der Waals surface area (Å²) < 4.78 is 5.92. The van der Waals surface area contributed by atoms with Crippen molar-refractivity contribution in [3.05, 3.63) is 60.2 Å². The maximum absolute atomic E-state index is 13.5. The molecule has 6 heteroatoms. The molecule has 0 saturated carbocycles. The van der Waals surface area contributed by atoms with Gasteiger partial charge < -0.3 is 15.2 Å². The van der Waals surface area contributed by atoms with Gasteiger partial charge in [0.2, 0.25) is 0 Å². The number of nitrogens with one attached hydrogen (secondary N) is 1. The van der Waals surface area contributed by atoms with Crippen molar-refractivity contribution in [1.82, 2.24) is 5.32 Å². The Morgan fingerprint density at radius 2 is 1.90 bits per heavy atom. The van der Waals surface area contributed by atoms with Crippen LogP contribution in [0.1, 0.15) is 44.6 Å². The lowest BCUT2D eigenvalue weighted by molar-refractivity contribution is -0.144. The summed E-state index contributed by atoms with van der Waals surface area (Å²) in [4.78, 5) is 26.0. The number of aliphatic carboxylic acids is 1. The SMILES string of the molecule is CCCCC(C)C(=O)C(C1NCCS1)C(C(=O)O)c1cccc(Oc2ccccc2)c1. The summed E-state index contributed by atoms with van der Waals surface area (Å²) in [5, 5.41) is 13.4. The molecule has 166 valence electrons. The third-order valence-electron chi connectivity index (χ3n) is 5.70. The average Bonchev–Trinajstić information content (AvgIpc) is 3.30. The summed E-state index contributed by atoms with van der Waals surface area (Å²) in [5.41, 5.74) is 0.594. The van der Waals surface area contributed by atoms with Crippen molar-refractivity contribution >= 4 is 23.5 Å². The highest BCUT2D eigenvalue weighted by molar-refractivity contribution is 8.00. The third-order valence-corrected chi connectivity index (χ3v) is 6.96. The average molecular weight is 442 g/mol. The number of carbonyl (C=O) groups is 2. The molecule has 1 aliphatic rings. The van der Waals surface area contributed by atoms with Gasteiger partial charge in [0, 0.05) is 18.2 Å². The zero-order chi connectivity index (χ0) is 22.2. The minimum atomic E-state index is -0.979. The van der Waals surface area contributed by atoms with E-state index in [-0.39, 0.29) is 17.1 Å². The Hall–Kier alpha value is -2.31. The predicted octanol–water partition coefficient (Wildman–Crippen LogP) is 5.32. The number of hydrogen-bond acceptors (Lipinski definition) is 5. The molecule has 0 amide bonds. The molecule has 2 aromatic carbocycles. The fourth-order valence-electron chi connectivity index (χ4n) is 4.05. The minimum absolute atomic E-state index is 0.0298. The fraction of sp³-hybridized carbons (Fsp3) is 0.440. The van der Waals surface area contributed by atoms with Gasteiger partial charge in [0.25, 0.3) is 0 Å². The maximum Gasteiger partial charge on any atom is 0.311 e. The molecule has 0 aliphatic carbocycles. The van der Waals surface area contributed by atoms with Gasteiger partial charge in [-0.25, -0.2) is 0 Å². The van der Waals surface area contributed by atoms with Crippen molar-refractivity contribution in [2.24, 2.45) is 11.8 Å². The monoisotopic (exact) mass is 441 g/mol. The smallest absolute Gasteiger partial charge is 0.311 e. The van der Waals surface area contributed by atoms with E-state index in [9.17, 15) is 14.7 Å². The Labute approximate surface area is 188 Å². The topological polar surface area (TPSA) is 75.6 Å². The van der Waals surface area contributed by atoms with E-state index >= 15 is 0 Å². The molecule has 2 N–H and O–H groups in total. The normalized spacial score (nSPS) is 18.8. The first-order valence-corrected chi connectivity index (χ1v) is 12.0. The van der Waals surface area contributed by atoms with Crippen molar-refractivity contribution in [1.29, 1.82) is 0 Å². The number of thioether (sulfide) groups is 1. The van der Waals surface area contributed by atoms with Crippen LogP contribution in [0.3, 0.4) is 0 Å². The largest absolute Gasteiger partial charge is 0.481 e. The summed E-state index contributed by atoms with van der Waals surface area (Å²) in [5.74, 6) is -0.565. The van der Waals surface area contributed by atoms with Crippen LogP contribution in [0.25, 0.3) is 0 Å². The molecule has 3 rings (SSSR count). The van der Waals surface area contributed by atoms with E-state index in [1.807, 2.05) is 37.3 Å². The summed E-state index contributed by atoms with van der Waals surface area (Å²) in [7, 11) is 0. The van der Waals surface area contributed by atoms with Gasteiger partial charge in [0.15, 0.2) is 0 Å². The van der Waals surface area contributed by atoms with E-state index in [4.69, 9.17) is 4.74 Å². The molecule has 0 bridgehead atoms. The van der Waals surface area contributed by atoms with Crippen molar-refractivity contribution in [2.75, 3.05) is 12.3 Å². The standard InChI is InChI=1S/C25H31NO4S/c1-3-4-9-17(2)23(27)22(24-26-14-15-31-24)21(25(28)29)18-10-8-13-20(16-18)30-19-11-6-5-7-12-19/h5-8,10-13,16-17,21-22,24,26H,3-4,9,14-15H2,1-2H3,(H,28,29). The van der Waals surface area contributed by atoms with E-state index in [1.54, 1.807) is 36.0 Å². The summed E-state index contributed by atoms with van der Waals surface area (Å²) in [6.07, 6.45) is 2.76. The molecule has 4 unspecified atom stereocenters. The molecule has 1 aliphatic heterocycles. The Morgan fingerprint density at radius 3 is 2.55 bits per heavy atom. The summed E-state index contributed by atoms with van der Waals surface area (Å²) >= 11 is 1.64. The molecule has 31 heavy (non-hydrogen) atoms. The Bertz CT molecular complexity index is 867. The van der Waals surface area contributed by atoms with Gasteiger partial charge >= 0.3 is 5.97 Å². The van der Waals surface area contributed by atoms with Crippen LogP contribution >= 0.6 is 11.8 Å². The molecule has 1 saturated heterocycles. The maximum atomic E-state index is 13.5. The van der Waals surface area contributed by atoms with Crippen molar-refractivity contribution < 1.29 is 19.4 Å². The number of rotatable bonds is 11. The second-order valence-corrected chi connectivity index (χ2v) is 9.27. The van der Waals surface area contributed by atoms with Crippen LogP contribution in [-0.2, 0) is 9.59 Å². The lowest BCUT2D eigenvalue weighted by Gasteiger charge is -2.30. The number of carboxylic acid groups (broad SMARTS) is 1.